The maximum Gasteiger partial charge on any atom is 0.0121 e. The maximum atomic E-state index is 3.99. The average Bonchev–Trinajstić information content (AvgIpc) is 2.72. The fourth-order valence-corrected chi connectivity index (χ4v) is 4.90. The Hall–Kier alpha value is 0.310. The zero-order chi connectivity index (χ0) is 12.3. The summed E-state index contributed by atoms with van der Waals surface area (Å²) in [5.74, 6) is 3.06. The molecule has 2 aliphatic rings. The second-order valence-corrected chi connectivity index (χ2v) is 7.74. The zero-order valence-electron chi connectivity index (χ0n) is 11.7. The van der Waals surface area contributed by atoms with Gasteiger partial charge in [-0.25, -0.2) is 0 Å². The molecule has 0 aromatic heterocycles. The van der Waals surface area contributed by atoms with Crippen molar-refractivity contribution in [3.63, 3.8) is 0 Å². The molecule has 2 heteroatoms. The molecular weight excluding hydrogens is 226 g/mol. The third kappa shape index (κ3) is 3.64. The van der Waals surface area contributed by atoms with Crippen LogP contribution in [0.4, 0.5) is 0 Å². The van der Waals surface area contributed by atoms with Gasteiger partial charge in [-0.15, -0.1) is 0 Å². The Bertz CT molecular complexity index is 221. The van der Waals surface area contributed by atoms with Gasteiger partial charge in [0.2, 0.25) is 0 Å². The van der Waals surface area contributed by atoms with Gasteiger partial charge in [0.25, 0.3) is 0 Å². The minimum atomic E-state index is 0.791. The Balaban J connectivity index is 1.80. The van der Waals surface area contributed by atoms with Crippen molar-refractivity contribution in [2.24, 2.45) is 11.8 Å². The molecule has 2 saturated carbocycles. The molecule has 0 spiro atoms. The second kappa shape index (κ2) is 6.47. The third-order valence-corrected chi connectivity index (χ3v) is 5.99. The lowest BCUT2D eigenvalue weighted by Gasteiger charge is -2.37. The minimum Gasteiger partial charge on any atom is -0.311 e. The summed E-state index contributed by atoms with van der Waals surface area (Å²) in [5, 5.41) is 4.93. The van der Waals surface area contributed by atoms with Gasteiger partial charge in [-0.05, 0) is 49.7 Å². The first-order valence-electron chi connectivity index (χ1n) is 7.58. The first-order valence-corrected chi connectivity index (χ1v) is 8.63. The van der Waals surface area contributed by atoms with E-state index in [4.69, 9.17) is 0 Å². The zero-order valence-corrected chi connectivity index (χ0v) is 12.6. The molecule has 0 saturated heterocycles. The van der Waals surface area contributed by atoms with E-state index in [1.54, 1.807) is 0 Å². The van der Waals surface area contributed by atoms with Gasteiger partial charge in [0.1, 0.15) is 0 Å². The van der Waals surface area contributed by atoms with Crippen molar-refractivity contribution in [1.82, 2.24) is 5.32 Å². The van der Waals surface area contributed by atoms with Crippen LogP contribution in [0.25, 0.3) is 0 Å². The van der Waals surface area contributed by atoms with E-state index >= 15 is 0 Å². The second-order valence-electron chi connectivity index (χ2n) is 6.17. The summed E-state index contributed by atoms with van der Waals surface area (Å²) in [6, 6.07) is 1.60. The van der Waals surface area contributed by atoms with Crippen molar-refractivity contribution in [2.75, 3.05) is 5.75 Å². The fraction of sp³-hybridized carbons (Fsp3) is 1.00. The van der Waals surface area contributed by atoms with E-state index in [1.807, 2.05) is 0 Å². The van der Waals surface area contributed by atoms with Gasteiger partial charge < -0.3 is 5.32 Å². The van der Waals surface area contributed by atoms with E-state index in [0.717, 1.165) is 29.2 Å². The first kappa shape index (κ1) is 13.7. The van der Waals surface area contributed by atoms with Gasteiger partial charge in [-0.1, -0.05) is 27.2 Å². The van der Waals surface area contributed by atoms with Crippen LogP contribution in [0.15, 0.2) is 0 Å². The minimum absolute atomic E-state index is 0.791. The summed E-state index contributed by atoms with van der Waals surface area (Å²) in [4.78, 5) is 0. The molecule has 2 aliphatic carbocycles. The van der Waals surface area contributed by atoms with E-state index in [9.17, 15) is 0 Å². The molecule has 0 aromatic rings. The molecule has 1 N–H and O–H groups in total. The molecule has 0 aliphatic heterocycles. The van der Waals surface area contributed by atoms with Crippen LogP contribution in [0.3, 0.4) is 0 Å². The molecule has 4 unspecified atom stereocenters. The summed E-state index contributed by atoms with van der Waals surface area (Å²) in [7, 11) is 0. The van der Waals surface area contributed by atoms with Gasteiger partial charge >= 0.3 is 0 Å². The van der Waals surface area contributed by atoms with Crippen molar-refractivity contribution in [3.8, 4) is 0 Å². The van der Waals surface area contributed by atoms with E-state index in [0.29, 0.717) is 0 Å². The predicted molar refractivity (Wildman–Crippen MR) is 78.7 cm³/mol. The van der Waals surface area contributed by atoms with E-state index in [-0.39, 0.29) is 0 Å². The van der Waals surface area contributed by atoms with Gasteiger partial charge in [0, 0.05) is 17.3 Å². The van der Waals surface area contributed by atoms with Gasteiger partial charge in [-0.3, -0.25) is 0 Å². The molecule has 0 radical (unpaired) electrons. The molecule has 1 nitrogen and oxygen atoms in total. The highest BCUT2D eigenvalue weighted by atomic mass is 32.2. The quantitative estimate of drug-likeness (QED) is 0.812. The lowest BCUT2D eigenvalue weighted by atomic mass is 9.78. The summed E-state index contributed by atoms with van der Waals surface area (Å²) in [6.45, 7) is 7.18. The number of thioether (sulfide) groups is 1. The Morgan fingerprint density at radius 2 is 1.76 bits per heavy atom. The molecule has 2 fully saturated rings. The Labute approximate surface area is 112 Å². The Morgan fingerprint density at radius 3 is 2.41 bits per heavy atom. The molecule has 100 valence electrons. The highest BCUT2D eigenvalue weighted by Crippen LogP contribution is 2.33. The van der Waals surface area contributed by atoms with E-state index in [2.05, 4.69) is 37.8 Å². The lowest BCUT2D eigenvalue weighted by Crippen LogP contribution is -2.47. The molecule has 4 atom stereocenters. The molecule has 0 amide bonds. The van der Waals surface area contributed by atoms with Gasteiger partial charge in [0.05, 0.1) is 0 Å². The molecule has 17 heavy (non-hydrogen) atoms. The number of rotatable bonds is 4. The largest absolute Gasteiger partial charge is 0.311 e. The van der Waals surface area contributed by atoms with Crippen molar-refractivity contribution in [3.05, 3.63) is 0 Å². The standard InChI is InChI=1S/C15H29NS/c1-4-17-14-9-8-13(10-14)16-15-11(2)6-5-7-12(15)3/h11-16H,4-10H2,1-3H3. The SMILES string of the molecule is CCSC1CCC(NC2C(C)CCCC2C)C1. The van der Waals surface area contributed by atoms with Crippen LogP contribution in [-0.4, -0.2) is 23.1 Å². The Morgan fingerprint density at radius 1 is 1.06 bits per heavy atom. The molecule has 0 bridgehead atoms. The van der Waals surface area contributed by atoms with Crippen LogP contribution in [-0.2, 0) is 0 Å². The number of hydrogen-bond acceptors (Lipinski definition) is 2. The first-order chi connectivity index (χ1) is 8.20. The number of nitrogens with one attached hydrogen (secondary N) is 1. The van der Waals surface area contributed by atoms with Gasteiger partial charge in [-0.2, -0.15) is 11.8 Å². The summed E-state index contributed by atoms with van der Waals surface area (Å²) < 4.78 is 0. The highest BCUT2D eigenvalue weighted by Gasteiger charge is 2.32. The van der Waals surface area contributed by atoms with E-state index in [1.165, 1.54) is 44.3 Å². The fourth-order valence-electron chi connectivity index (χ4n) is 3.76. The highest BCUT2D eigenvalue weighted by molar-refractivity contribution is 7.99. The molecule has 0 aromatic carbocycles. The summed E-state index contributed by atoms with van der Waals surface area (Å²) in [5.41, 5.74) is 0. The maximum absolute atomic E-state index is 3.99. The monoisotopic (exact) mass is 255 g/mol. The van der Waals surface area contributed by atoms with Crippen molar-refractivity contribution >= 4 is 11.8 Å². The van der Waals surface area contributed by atoms with Crippen LogP contribution in [0, 0.1) is 11.8 Å². The number of hydrogen-bond donors (Lipinski definition) is 1. The molecular formula is C15H29NS. The average molecular weight is 255 g/mol. The van der Waals surface area contributed by atoms with Crippen LogP contribution in [0.2, 0.25) is 0 Å². The lowest BCUT2D eigenvalue weighted by molar-refractivity contribution is 0.193. The third-order valence-electron chi connectivity index (χ3n) is 4.76. The van der Waals surface area contributed by atoms with E-state index < -0.39 is 0 Å². The summed E-state index contributed by atoms with van der Waals surface area (Å²) in [6.07, 6.45) is 8.57. The van der Waals surface area contributed by atoms with Crippen LogP contribution >= 0.6 is 11.8 Å². The van der Waals surface area contributed by atoms with Crippen molar-refractivity contribution < 1.29 is 0 Å². The molecule has 0 heterocycles. The smallest absolute Gasteiger partial charge is 0.0121 e. The van der Waals surface area contributed by atoms with Crippen LogP contribution < -0.4 is 5.32 Å². The Kier molecular flexibility index (Phi) is 5.23. The predicted octanol–water partition coefficient (Wildman–Crippen LogP) is 4.07. The normalized spacial score (nSPS) is 42.9. The van der Waals surface area contributed by atoms with Crippen LogP contribution in [0.1, 0.15) is 59.3 Å². The van der Waals surface area contributed by atoms with Crippen molar-refractivity contribution in [2.45, 2.75) is 76.6 Å². The van der Waals surface area contributed by atoms with Crippen LogP contribution in [0.5, 0.6) is 0 Å². The molecule has 2 rings (SSSR count). The van der Waals surface area contributed by atoms with Gasteiger partial charge in [0.15, 0.2) is 0 Å². The topological polar surface area (TPSA) is 12.0 Å². The summed E-state index contributed by atoms with van der Waals surface area (Å²) >= 11 is 2.17. The van der Waals surface area contributed by atoms with Crippen molar-refractivity contribution in [1.29, 1.82) is 0 Å².